The Hall–Kier alpha value is -0.610. The van der Waals surface area contributed by atoms with Crippen molar-refractivity contribution in [1.29, 1.82) is 0 Å². The minimum Gasteiger partial charge on any atom is -0.298 e. The third-order valence-electron chi connectivity index (χ3n) is 1.90. The van der Waals surface area contributed by atoms with Gasteiger partial charge < -0.3 is 0 Å². The molecule has 0 unspecified atom stereocenters. The molecular weight excluding hydrogens is 232 g/mol. The number of unbranched alkanes of at least 4 members (excludes halogenated alkanes) is 2. The van der Waals surface area contributed by atoms with E-state index in [0.29, 0.717) is 16.9 Å². The summed E-state index contributed by atoms with van der Waals surface area (Å²) >= 11 is 7.33. The Morgan fingerprint density at radius 3 is 2.93 bits per heavy atom. The van der Waals surface area contributed by atoms with E-state index in [2.05, 4.69) is 16.9 Å². The Balaban J connectivity index is 2.60. The van der Waals surface area contributed by atoms with Crippen molar-refractivity contribution in [3.63, 3.8) is 0 Å². The smallest absolute Gasteiger partial charge is 0.155 e. The van der Waals surface area contributed by atoms with Crippen molar-refractivity contribution < 1.29 is 4.79 Å². The Morgan fingerprint density at radius 1 is 1.47 bits per heavy atom. The number of aldehydes is 1. The van der Waals surface area contributed by atoms with Gasteiger partial charge in [0.05, 0.1) is 5.56 Å². The number of hydrogen-bond acceptors (Lipinski definition) is 4. The van der Waals surface area contributed by atoms with Gasteiger partial charge in [0.25, 0.3) is 0 Å². The first-order valence-electron chi connectivity index (χ1n) is 4.88. The number of carbonyl (C=O) groups excluding carboxylic acids is 1. The highest BCUT2D eigenvalue weighted by molar-refractivity contribution is 7.99. The van der Waals surface area contributed by atoms with Gasteiger partial charge in [-0.3, -0.25) is 4.79 Å². The van der Waals surface area contributed by atoms with Gasteiger partial charge in [-0.25, -0.2) is 9.97 Å². The lowest BCUT2D eigenvalue weighted by Gasteiger charge is -2.03. The van der Waals surface area contributed by atoms with Crippen molar-refractivity contribution in [1.82, 2.24) is 9.97 Å². The first kappa shape index (κ1) is 12.5. The lowest BCUT2D eigenvalue weighted by molar-refractivity contribution is 0.112. The van der Waals surface area contributed by atoms with Gasteiger partial charge in [-0.2, -0.15) is 0 Å². The molecule has 0 saturated carbocycles. The SMILES string of the molecule is CCCCCSc1ncnc(Cl)c1C=O. The van der Waals surface area contributed by atoms with Crippen LogP contribution in [0.15, 0.2) is 11.4 Å². The third kappa shape index (κ3) is 3.80. The number of thioether (sulfide) groups is 1. The predicted molar refractivity (Wildman–Crippen MR) is 62.7 cm³/mol. The van der Waals surface area contributed by atoms with E-state index in [1.54, 1.807) is 11.8 Å². The van der Waals surface area contributed by atoms with Crippen LogP contribution in [0.3, 0.4) is 0 Å². The van der Waals surface area contributed by atoms with Crippen LogP contribution in [0.25, 0.3) is 0 Å². The van der Waals surface area contributed by atoms with Crippen LogP contribution < -0.4 is 0 Å². The first-order chi connectivity index (χ1) is 7.29. The molecule has 0 spiro atoms. The Kier molecular flexibility index (Phi) is 5.65. The Bertz CT molecular complexity index is 333. The summed E-state index contributed by atoms with van der Waals surface area (Å²) < 4.78 is 0. The van der Waals surface area contributed by atoms with Crippen molar-refractivity contribution in [2.45, 2.75) is 31.2 Å². The van der Waals surface area contributed by atoms with Crippen LogP contribution in [0.1, 0.15) is 36.5 Å². The summed E-state index contributed by atoms with van der Waals surface area (Å²) in [4.78, 5) is 18.6. The van der Waals surface area contributed by atoms with E-state index >= 15 is 0 Å². The highest BCUT2D eigenvalue weighted by Gasteiger charge is 2.08. The molecule has 1 heterocycles. The minimum atomic E-state index is 0.234. The molecule has 0 atom stereocenters. The van der Waals surface area contributed by atoms with Gasteiger partial charge in [-0.1, -0.05) is 31.4 Å². The average molecular weight is 245 g/mol. The zero-order valence-corrected chi connectivity index (χ0v) is 10.1. The summed E-state index contributed by atoms with van der Waals surface area (Å²) in [5, 5.41) is 0.916. The van der Waals surface area contributed by atoms with Crippen LogP contribution in [0.4, 0.5) is 0 Å². The molecule has 0 N–H and O–H groups in total. The summed E-state index contributed by atoms with van der Waals surface area (Å²) in [5.41, 5.74) is 0.403. The van der Waals surface area contributed by atoms with Gasteiger partial charge in [0.1, 0.15) is 16.5 Å². The summed E-state index contributed by atoms with van der Waals surface area (Å²) in [6.07, 6.45) is 5.61. The fourth-order valence-electron chi connectivity index (χ4n) is 1.09. The van der Waals surface area contributed by atoms with Crippen molar-refractivity contribution in [3.8, 4) is 0 Å². The maximum absolute atomic E-state index is 10.8. The van der Waals surface area contributed by atoms with Gasteiger partial charge in [-0.15, -0.1) is 11.8 Å². The molecular formula is C10H13ClN2OS. The molecule has 5 heteroatoms. The maximum atomic E-state index is 10.8. The van der Waals surface area contributed by atoms with Crippen LogP contribution in [0.2, 0.25) is 5.15 Å². The van der Waals surface area contributed by atoms with Gasteiger partial charge in [0.2, 0.25) is 0 Å². The van der Waals surface area contributed by atoms with Gasteiger partial charge in [-0.05, 0) is 12.2 Å². The van der Waals surface area contributed by atoms with E-state index in [-0.39, 0.29) is 5.15 Å². The lowest BCUT2D eigenvalue weighted by Crippen LogP contribution is -1.94. The predicted octanol–water partition coefficient (Wildman–Crippen LogP) is 3.22. The molecule has 0 aromatic carbocycles. The number of aromatic nitrogens is 2. The molecule has 82 valence electrons. The average Bonchev–Trinajstić information content (AvgIpc) is 2.24. The fraction of sp³-hybridized carbons (Fsp3) is 0.500. The van der Waals surface area contributed by atoms with Crippen molar-refractivity contribution in [2.24, 2.45) is 0 Å². The molecule has 3 nitrogen and oxygen atoms in total. The molecule has 0 fully saturated rings. The van der Waals surface area contributed by atoms with E-state index in [1.807, 2.05) is 0 Å². The number of nitrogens with zero attached hydrogens (tertiary/aromatic N) is 2. The largest absolute Gasteiger partial charge is 0.298 e. The van der Waals surface area contributed by atoms with Crippen LogP contribution in [0, 0.1) is 0 Å². The van der Waals surface area contributed by atoms with Gasteiger partial charge in [0.15, 0.2) is 6.29 Å². The summed E-state index contributed by atoms with van der Waals surface area (Å²) in [6.45, 7) is 2.16. The molecule has 0 radical (unpaired) electrons. The molecule has 0 bridgehead atoms. The van der Waals surface area contributed by atoms with Crippen LogP contribution in [0.5, 0.6) is 0 Å². The van der Waals surface area contributed by atoms with E-state index < -0.39 is 0 Å². The fourth-order valence-corrected chi connectivity index (χ4v) is 2.29. The van der Waals surface area contributed by atoms with E-state index in [9.17, 15) is 4.79 Å². The van der Waals surface area contributed by atoms with E-state index in [0.717, 1.165) is 12.2 Å². The number of rotatable bonds is 6. The summed E-state index contributed by atoms with van der Waals surface area (Å²) in [6, 6.07) is 0. The first-order valence-corrected chi connectivity index (χ1v) is 6.24. The standard InChI is InChI=1S/C10H13ClN2OS/c1-2-3-4-5-15-10-8(6-14)9(11)12-7-13-10/h6-7H,2-5H2,1H3. The van der Waals surface area contributed by atoms with Gasteiger partial charge in [0, 0.05) is 0 Å². The topological polar surface area (TPSA) is 42.9 Å². The monoisotopic (exact) mass is 244 g/mol. The minimum absolute atomic E-state index is 0.234. The Morgan fingerprint density at radius 2 is 2.27 bits per heavy atom. The molecule has 0 aliphatic heterocycles. The van der Waals surface area contributed by atoms with Crippen LogP contribution >= 0.6 is 23.4 Å². The normalized spacial score (nSPS) is 10.3. The second-order valence-electron chi connectivity index (χ2n) is 3.06. The zero-order valence-electron chi connectivity index (χ0n) is 8.57. The number of hydrogen-bond donors (Lipinski definition) is 0. The zero-order chi connectivity index (χ0) is 11.1. The molecule has 15 heavy (non-hydrogen) atoms. The quantitative estimate of drug-likeness (QED) is 0.334. The third-order valence-corrected chi connectivity index (χ3v) is 3.30. The second-order valence-corrected chi connectivity index (χ2v) is 4.50. The highest BCUT2D eigenvalue weighted by atomic mass is 35.5. The highest BCUT2D eigenvalue weighted by Crippen LogP contribution is 2.23. The van der Waals surface area contributed by atoms with E-state index in [1.165, 1.54) is 19.2 Å². The molecule has 1 rings (SSSR count). The Labute approximate surface area is 98.6 Å². The van der Waals surface area contributed by atoms with Gasteiger partial charge >= 0.3 is 0 Å². The molecule has 0 amide bonds. The molecule has 0 aliphatic carbocycles. The van der Waals surface area contributed by atoms with Crippen molar-refractivity contribution in [3.05, 3.63) is 17.0 Å². The lowest BCUT2D eigenvalue weighted by atomic mass is 10.3. The van der Waals surface area contributed by atoms with Crippen molar-refractivity contribution >= 4 is 29.6 Å². The number of halogens is 1. The van der Waals surface area contributed by atoms with Crippen molar-refractivity contribution in [2.75, 3.05) is 5.75 Å². The van der Waals surface area contributed by atoms with Crippen LogP contribution in [-0.4, -0.2) is 22.0 Å². The summed E-state index contributed by atoms with van der Waals surface area (Å²) in [7, 11) is 0. The second kappa shape index (κ2) is 6.80. The van der Waals surface area contributed by atoms with E-state index in [4.69, 9.17) is 11.6 Å². The molecule has 0 saturated heterocycles. The maximum Gasteiger partial charge on any atom is 0.155 e. The molecule has 1 aromatic heterocycles. The number of carbonyl (C=O) groups is 1. The molecule has 0 aliphatic rings. The molecule has 1 aromatic rings. The summed E-state index contributed by atoms with van der Waals surface area (Å²) in [5.74, 6) is 0.960. The van der Waals surface area contributed by atoms with Crippen LogP contribution in [-0.2, 0) is 0 Å².